The van der Waals surface area contributed by atoms with Crippen molar-refractivity contribution in [2.24, 2.45) is 5.41 Å². The molecule has 160 valence electrons. The molecule has 0 spiro atoms. The Kier molecular flexibility index (Phi) is 5.28. The van der Waals surface area contributed by atoms with E-state index in [0.29, 0.717) is 29.7 Å². The van der Waals surface area contributed by atoms with Gasteiger partial charge in [-0.2, -0.15) is 0 Å². The fraction of sp³-hybridized carbons (Fsp3) is 0.455. The fourth-order valence-electron chi connectivity index (χ4n) is 4.40. The normalized spacial score (nSPS) is 18.5. The van der Waals surface area contributed by atoms with E-state index in [9.17, 15) is 14.7 Å². The van der Waals surface area contributed by atoms with Gasteiger partial charge in [0.25, 0.3) is 0 Å². The summed E-state index contributed by atoms with van der Waals surface area (Å²) in [4.78, 5) is 24.0. The van der Waals surface area contributed by atoms with Crippen LogP contribution >= 0.6 is 11.6 Å². The van der Waals surface area contributed by atoms with Gasteiger partial charge < -0.3 is 19.6 Å². The van der Waals surface area contributed by atoms with Gasteiger partial charge in [-0.05, 0) is 29.5 Å². The number of pyridine rings is 1. The van der Waals surface area contributed by atoms with Crippen molar-refractivity contribution in [3.8, 4) is 17.0 Å². The van der Waals surface area contributed by atoms with Crippen LogP contribution in [0.4, 0.5) is 0 Å². The van der Waals surface area contributed by atoms with Crippen LogP contribution in [0.25, 0.3) is 11.3 Å². The SMILES string of the molecule is COCCCOc1cc2c(cc1Cl)-c1cc(=O)c(C(=O)O)cn1N1CC(C)(C)CC21. The summed E-state index contributed by atoms with van der Waals surface area (Å²) in [5, 5.41) is 12.0. The lowest BCUT2D eigenvalue weighted by Crippen LogP contribution is -2.40. The third-order valence-electron chi connectivity index (χ3n) is 5.72. The highest BCUT2D eigenvalue weighted by Gasteiger charge is 2.43. The number of rotatable bonds is 6. The standard InChI is InChI=1S/C22H25ClN2O5/c1-22(2)10-18-14-8-20(30-6-4-5-29-3)16(23)7-13(14)17-9-19(26)15(21(27)28)11-24(17)25(18)12-22/h7-9,11,18H,4-6,10,12H2,1-3H3,(H,27,28). The van der Waals surface area contributed by atoms with Crippen LogP contribution in [-0.4, -0.2) is 42.6 Å². The van der Waals surface area contributed by atoms with Gasteiger partial charge in [-0.25, -0.2) is 4.79 Å². The summed E-state index contributed by atoms with van der Waals surface area (Å²) in [6, 6.07) is 5.20. The van der Waals surface area contributed by atoms with Gasteiger partial charge in [0.15, 0.2) is 5.43 Å². The number of carboxylic acid groups (broad SMARTS) is 1. The summed E-state index contributed by atoms with van der Waals surface area (Å²) in [6.07, 6.45) is 3.07. The van der Waals surface area contributed by atoms with Gasteiger partial charge in [-0.15, -0.1) is 0 Å². The van der Waals surface area contributed by atoms with E-state index in [2.05, 4.69) is 18.9 Å². The van der Waals surface area contributed by atoms with E-state index in [0.717, 1.165) is 30.5 Å². The lowest BCUT2D eigenvalue weighted by Gasteiger charge is -2.38. The number of aromatic carboxylic acids is 1. The van der Waals surface area contributed by atoms with E-state index in [1.54, 1.807) is 7.11 Å². The number of halogens is 1. The summed E-state index contributed by atoms with van der Waals surface area (Å²) >= 11 is 6.51. The second-order valence-corrected chi connectivity index (χ2v) is 9.04. The predicted octanol–water partition coefficient (Wildman–Crippen LogP) is 3.70. The van der Waals surface area contributed by atoms with Crippen LogP contribution in [-0.2, 0) is 4.74 Å². The van der Waals surface area contributed by atoms with Gasteiger partial charge in [0, 0.05) is 44.5 Å². The summed E-state index contributed by atoms with van der Waals surface area (Å²) in [5.41, 5.74) is 1.77. The van der Waals surface area contributed by atoms with Crippen molar-refractivity contribution in [3.63, 3.8) is 0 Å². The van der Waals surface area contributed by atoms with Crippen molar-refractivity contribution < 1.29 is 19.4 Å². The number of nitrogens with zero attached hydrogens (tertiary/aromatic N) is 2. The molecule has 2 aliphatic heterocycles. The first-order valence-electron chi connectivity index (χ1n) is 9.94. The van der Waals surface area contributed by atoms with Crippen molar-refractivity contribution in [2.75, 3.05) is 31.9 Å². The minimum atomic E-state index is -1.23. The number of methoxy groups -OCH3 is 1. The first-order valence-corrected chi connectivity index (χ1v) is 10.3. The zero-order valence-electron chi connectivity index (χ0n) is 17.3. The van der Waals surface area contributed by atoms with Gasteiger partial charge in [0.1, 0.15) is 11.3 Å². The van der Waals surface area contributed by atoms with E-state index in [4.69, 9.17) is 21.1 Å². The molecule has 1 aromatic heterocycles. The van der Waals surface area contributed by atoms with E-state index < -0.39 is 11.4 Å². The molecule has 7 nitrogen and oxygen atoms in total. The molecule has 0 bridgehead atoms. The molecule has 1 aromatic carbocycles. The number of ether oxygens (including phenoxy) is 2. The molecule has 2 aliphatic rings. The minimum absolute atomic E-state index is 0.0230. The van der Waals surface area contributed by atoms with Crippen molar-refractivity contribution in [1.29, 1.82) is 0 Å². The van der Waals surface area contributed by atoms with E-state index in [1.807, 2.05) is 16.8 Å². The Bertz CT molecular complexity index is 1060. The lowest BCUT2D eigenvalue weighted by molar-refractivity contribution is 0.0694. The van der Waals surface area contributed by atoms with Crippen LogP contribution in [0.15, 0.2) is 29.2 Å². The molecule has 0 aliphatic carbocycles. The Balaban J connectivity index is 1.84. The van der Waals surface area contributed by atoms with Crippen molar-refractivity contribution >= 4 is 17.6 Å². The molecule has 3 heterocycles. The molecule has 1 fully saturated rings. The highest BCUT2D eigenvalue weighted by atomic mass is 35.5. The van der Waals surface area contributed by atoms with Gasteiger partial charge in [0.2, 0.25) is 0 Å². The highest BCUT2D eigenvalue weighted by Crippen LogP contribution is 2.49. The maximum Gasteiger partial charge on any atom is 0.341 e. The molecule has 30 heavy (non-hydrogen) atoms. The van der Waals surface area contributed by atoms with Crippen molar-refractivity contribution in [2.45, 2.75) is 32.7 Å². The van der Waals surface area contributed by atoms with Gasteiger partial charge in [-0.1, -0.05) is 25.4 Å². The molecule has 4 rings (SSSR count). The molecular weight excluding hydrogens is 408 g/mol. The topological polar surface area (TPSA) is 81.0 Å². The number of aromatic nitrogens is 1. The smallest absolute Gasteiger partial charge is 0.341 e. The van der Waals surface area contributed by atoms with Crippen LogP contribution in [0.2, 0.25) is 5.02 Å². The Morgan fingerprint density at radius 1 is 1.30 bits per heavy atom. The van der Waals surface area contributed by atoms with Crippen LogP contribution in [0.5, 0.6) is 5.75 Å². The molecule has 1 unspecified atom stereocenters. The van der Waals surface area contributed by atoms with E-state index in [1.165, 1.54) is 12.3 Å². The van der Waals surface area contributed by atoms with Crippen LogP contribution in [0.3, 0.4) is 0 Å². The second-order valence-electron chi connectivity index (χ2n) is 8.63. The van der Waals surface area contributed by atoms with E-state index >= 15 is 0 Å². The quantitative estimate of drug-likeness (QED) is 0.701. The molecular formula is C22H25ClN2O5. The van der Waals surface area contributed by atoms with Crippen LogP contribution in [0.1, 0.15) is 48.7 Å². The summed E-state index contributed by atoms with van der Waals surface area (Å²) in [6.45, 7) is 6.20. The summed E-state index contributed by atoms with van der Waals surface area (Å²) in [5.74, 6) is -0.622. The second kappa shape index (κ2) is 7.63. The Morgan fingerprint density at radius 2 is 2.07 bits per heavy atom. The monoisotopic (exact) mass is 432 g/mol. The Hall–Kier alpha value is -2.51. The number of hydrogen-bond acceptors (Lipinski definition) is 5. The third-order valence-corrected chi connectivity index (χ3v) is 6.02. The zero-order chi connectivity index (χ0) is 21.6. The average Bonchev–Trinajstić information content (AvgIpc) is 3.00. The van der Waals surface area contributed by atoms with Crippen LogP contribution in [0, 0.1) is 5.41 Å². The zero-order valence-corrected chi connectivity index (χ0v) is 18.0. The number of carbonyl (C=O) groups is 1. The van der Waals surface area contributed by atoms with Crippen LogP contribution < -0.4 is 15.2 Å². The lowest BCUT2D eigenvalue weighted by atomic mass is 9.86. The number of benzene rings is 1. The molecule has 2 aromatic rings. The molecule has 8 heteroatoms. The molecule has 0 amide bonds. The van der Waals surface area contributed by atoms with Gasteiger partial charge in [-0.3, -0.25) is 9.47 Å². The average molecular weight is 433 g/mol. The summed E-state index contributed by atoms with van der Waals surface area (Å²) in [7, 11) is 1.65. The van der Waals surface area contributed by atoms with Crippen molar-refractivity contribution in [3.05, 3.63) is 50.8 Å². The maximum atomic E-state index is 12.4. The molecule has 1 saturated heterocycles. The largest absolute Gasteiger partial charge is 0.492 e. The molecule has 0 saturated carbocycles. The predicted molar refractivity (Wildman–Crippen MR) is 114 cm³/mol. The number of carboxylic acids is 1. The van der Waals surface area contributed by atoms with Gasteiger partial charge in [0.05, 0.1) is 23.4 Å². The maximum absolute atomic E-state index is 12.4. The minimum Gasteiger partial charge on any atom is -0.492 e. The third kappa shape index (κ3) is 3.56. The molecule has 1 atom stereocenters. The highest BCUT2D eigenvalue weighted by molar-refractivity contribution is 6.32. The Labute approximate surface area is 179 Å². The number of fused-ring (bicyclic) bond motifs is 6. The fourth-order valence-corrected chi connectivity index (χ4v) is 4.62. The van der Waals surface area contributed by atoms with Gasteiger partial charge >= 0.3 is 5.97 Å². The van der Waals surface area contributed by atoms with Crippen molar-refractivity contribution in [1.82, 2.24) is 4.68 Å². The molecule has 1 N–H and O–H groups in total. The number of hydrogen-bond donors (Lipinski definition) is 1. The summed E-state index contributed by atoms with van der Waals surface area (Å²) < 4.78 is 12.8. The first-order chi connectivity index (χ1) is 14.2. The Morgan fingerprint density at radius 3 is 2.77 bits per heavy atom. The first kappa shape index (κ1) is 20.8. The molecule has 0 radical (unpaired) electrons. The van der Waals surface area contributed by atoms with E-state index in [-0.39, 0.29) is 17.0 Å².